The van der Waals surface area contributed by atoms with Gasteiger partial charge in [-0.1, -0.05) is 25.7 Å². The fraction of sp³-hybridized carbons (Fsp3) is 0.533. The minimum absolute atomic E-state index is 0.103. The molecule has 0 aliphatic heterocycles. The summed E-state index contributed by atoms with van der Waals surface area (Å²) in [4.78, 5) is 0. The van der Waals surface area contributed by atoms with Crippen molar-refractivity contribution in [3.63, 3.8) is 0 Å². The van der Waals surface area contributed by atoms with E-state index >= 15 is 0 Å². The van der Waals surface area contributed by atoms with Gasteiger partial charge >= 0.3 is 0 Å². The molecule has 1 saturated carbocycles. The lowest BCUT2D eigenvalue weighted by molar-refractivity contribution is 0.491. The number of nitrogens with zero attached hydrogens (tertiary/aromatic N) is 1. The maximum absolute atomic E-state index is 13.3. The second-order valence-electron chi connectivity index (χ2n) is 5.03. The van der Waals surface area contributed by atoms with Gasteiger partial charge in [0.2, 0.25) is 0 Å². The minimum Gasteiger partial charge on any atom is -0.385 e. The topological polar surface area (TPSA) is 35.8 Å². The van der Waals surface area contributed by atoms with Crippen molar-refractivity contribution in [1.82, 2.24) is 0 Å². The Bertz CT molecular complexity index is 431. The van der Waals surface area contributed by atoms with Gasteiger partial charge in [0.25, 0.3) is 0 Å². The predicted molar refractivity (Wildman–Crippen MR) is 70.8 cm³/mol. The molecule has 0 bridgehead atoms. The summed E-state index contributed by atoms with van der Waals surface area (Å²) in [5.41, 5.74) is 0.865. The predicted octanol–water partition coefficient (Wildman–Crippen LogP) is 4.08. The molecule has 0 amide bonds. The van der Waals surface area contributed by atoms with Crippen molar-refractivity contribution in [3.8, 4) is 6.07 Å². The molecule has 0 atom stereocenters. The second-order valence-corrected chi connectivity index (χ2v) is 5.03. The van der Waals surface area contributed by atoms with E-state index in [4.69, 9.17) is 5.26 Å². The van der Waals surface area contributed by atoms with Crippen LogP contribution in [0, 0.1) is 23.1 Å². The van der Waals surface area contributed by atoms with Crippen LogP contribution in [0.25, 0.3) is 0 Å². The summed E-state index contributed by atoms with van der Waals surface area (Å²) >= 11 is 0. The lowest BCUT2D eigenvalue weighted by Gasteiger charge is -2.10. The second kappa shape index (κ2) is 6.39. The quantitative estimate of drug-likeness (QED) is 0.795. The molecule has 0 unspecified atom stereocenters. The summed E-state index contributed by atoms with van der Waals surface area (Å²) in [6.07, 6.45) is 7.94. The molecule has 1 aromatic carbocycles. The monoisotopic (exact) mass is 246 g/mol. The smallest absolute Gasteiger partial charge is 0.143 e. The SMILES string of the molecule is N#Cc1ccc(NCCCC2CCCC2)cc1F. The van der Waals surface area contributed by atoms with Crippen molar-refractivity contribution < 1.29 is 4.39 Å². The summed E-state index contributed by atoms with van der Waals surface area (Å²) in [5, 5.41) is 11.8. The van der Waals surface area contributed by atoms with Crippen molar-refractivity contribution in [2.45, 2.75) is 38.5 Å². The first kappa shape index (κ1) is 12.9. The van der Waals surface area contributed by atoms with Gasteiger partial charge in [-0.15, -0.1) is 0 Å². The molecule has 0 heterocycles. The fourth-order valence-corrected chi connectivity index (χ4v) is 2.64. The number of hydrogen-bond donors (Lipinski definition) is 1. The summed E-state index contributed by atoms with van der Waals surface area (Å²) in [5.74, 6) is 0.461. The van der Waals surface area contributed by atoms with Crippen molar-refractivity contribution in [2.75, 3.05) is 11.9 Å². The standard InChI is InChI=1S/C15H19FN2/c16-15-10-14(8-7-13(15)11-17)18-9-3-6-12-4-1-2-5-12/h7-8,10,12,18H,1-6,9H2. The summed E-state index contributed by atoms with van der Waals surface area (Å²) < 4.78 is 13.3. The lowest BCUT2D eigenvalue weighted by atomic mass is 10.0. The van der Waals surface area contributed by atoms with Crippen molar-refractivity contribution in [3.05, 3.63) is 29.6 Å². The van der Waals surface area contributed by atoms with Crippen LogP contribution >= 0.6 is 0 Å². The van der Waals surface area contributed by atoms with Crippen LogP contribution in [0.3, 0.4) is 0 Å². The molecule has 96 valence electrons. The van der Waals surface area contributed by atoms with Gasteiger partial charge in [-0.2, -0.15) is 5.26 Å². The van der Waals surface area contributed by atoms with Crippen LogP contribution in [-0.4, -0.2) is 6.54 Å². The molecule has 1 aliphatic rings. The Kier molecular flexibility index (Phi) is 4.58. The van der Waals surface area contributed by atoms with Gasteiger partial charge in [0.05, 0.1) is 5.56 Å². The van der Waals surface area contributed by atoms with E-state index in [1.165, 1.54) is 44.2 Å². The van der Waals surface area contributed by atoms with Crippen molar-refractivity contribution >= 4 is 5.69 Å². The van der Waals surface area contributed by atoms with E-state index in [1.807, 2.05) is 6.07 Å². The number of anilines is 1. The summed E-state index contributed by atoms with van der Waals surface area (Å²) in [7, 11) is 0. The Hall–Kier alpha value is -1.56. The third-order valence-electron chi connectivity index (χ3n) is 3.68. The summed E-state index contributed by atoms with van der Waals surface area (Å²) in [6.45, 7) is 0.877. The van der Waals surface area contributed by atoms with E-state index in [1.54, 1.807) is 6.07 Å². The normalized spacial score (nSPS) is 15.6. The minimum atomic E-state index is -0.446. The van der Waals surface area contributed by atoms with E-state index < -0.39 is 5.82 Å². The van der Waals surface area contributed by atoms with E-state index in [0.29, 0.717) is 0 Å². The zero-order valence-corrected chi connectivity index (χ0v) is 10.6. The van der Waals surface area contributed by atoms with Crippen LogP contribution in [0.15, 0.2) is 18.2 Å². The van der Waals surface area contributed by atoms with Crippen molar-refractivity contribution in [1.29, 1.82) is 5.26 Å². The number of nitrogens with one attached hydrogen (secondary N) is 1. The highest BCUT2D eigenvalue weighted by molar-refractivity contribution is 5.47. The molecule has 3 heteroatoms. The Balaban J connectivity index is 1.73. The number of rotatable bonds is 5. The average molecular weight is 246 g/mol. The lowest BCUT2D eigenvalue weighted by Crippen LogP contribution is -2.04. The Labute approximate surface area is 108 Å². The Morgan fingerprint density at radius 1 is 1.33 bits per heavy atom. The highest BCUT2D eigenvalue weighted by atomic mass is 19.1. The molecule has 0 radical (unpaired) electrons. The zero-order valence-electron chi connectivity index (χ0n) is 10.6. The van der Waals surface area contributed by atoms with Crippen LogP contribution in [0.5, 0.6) is 0 Å². The van der Waals surface area contributed by atoms with E-state index in [9.17, 15) is 4.39 Å². The molecule has 18 heavy (non-hydrogen) atoms. The Morgan fingerprint density at radius 2 is 2.11 bits per heavy atom. The fourth-order valence-electron chi connectivity index (χ4n) is 2.64. The van der Waals surface area contributed by atoms with Gasteiger partial charge in [0, 0.05) is 12.2 Å². The molecule has 1 aliphatic carbocycles. The van der Waals surface area contributed by atoms with E-state index in [0.717, 1.165) is 24.6 Å². The number of nitriles is 1. The molecule has 1 N–H and O–H groups in total. The third kappa shape index (κ3) is 3.46. The van der Waals surface area contributed by atoms with Gasteiger partial charge in [0.1, 0.15) is 11.9 Å². The van der Waals surface area contributed by atoms with Gasteiger partial charge in [-0.25, -0.2) is 4.39 Å². The number of benzene rings is 1. The third-order valence-corrected chi connectivity index (χ3v) is 3.68. The van der Waals surface area contributed by atoms with E-state index in [-0.39, 0.29) is 5.56 Å². The van der Waals surface area contributed by atoms with E-state index in [2.05, 4.69) is 5.32 Å². The molecular weight excluding hydrogens is 227 g/mol. The Morgan fingerprint density at radius 3 is 2.78 bits per heavy atom. The average Bonchev–Trinajstić information content (AvgIpc) is 2.88. The molecule has 0 aromatic heterocycles. The maximum Gasteiger partial charge on any atom is 0.143 e. The number of halogens is 1. The molecule has 0 saturated heterocycles. The highest BCUT2D eigenvalue weighted by Crippen LogP contribution is 2.28. The van der Waals surface area contributed by atoms with Gasteiger partial charge in [0.15, 0.2) is 0 Å². The van der Waals surface area contributed by atoms with Crippen molar-refractivity contribution in [2.24, 2.45) is 5.92 Å². The van der Waals surface area contributed by atoms with Gasteiger partial charge in [-0.3, -0.25) is 0 Å². The van der Waals surface area contributed by atoms with Crippen LogP contribution in [-0.2, 0) is 0 Å². The number of hydrogen-bond acceptors (Lipinski definition) is 2. The van der Waals surface area contributed by atoms with Crippen LogP contribution < -0.4 is 5.32 Å². The summed E-state index contributed by atoms with van der Waals surface area (Å²) in [6, 6.07) is 6.50. The molecule has 2 rings (SSSR count). The van der Waals surface area contributed by atoms with Crippen LogP contribution in [0.4, 0.5) is 10.1 Å². The van der Waals surface area contributed by atoms with Gasteiger partial charge in [-0.05, 0) is 37.0 Å². The maximum atomic E-state index is 13.3. The molecular formula is C15H19FN2. The highest BCUT2D eigenvalue weighted by Gasteiger charge is 2.13. The molecule has 1 fully saturated rings. The zero-order chi connectivity index (χ0) is 12.8. The largest absolute Gasteiger partial charge is 0.385 e. The first-order valence-corrected chi connectivity index (χ1v) is 6.73. The van der Waals surface area contributed by atoms with Crippen LogP contribution in [0.1, 0.15) is 44.1 Å². The molecule has 2 nitrogen and oxygen atoms in total. The molecule has 0 spiro atoms. The molecule has 1 aromatic rings. The first-order chi connectivity index (χ1) is 8.79. The first-order valence-electron chi connectivity index (χ1n) is 6.73. The van der Waals surface area contributed by atoms with Gasteiger partial charge < -0.3 is 5.32 Å². The van der Waals surface area contributed by atoms with Crippen LogP contribution in [0.2, 0.25) is 0 Å².